The summed E-state index contributed by atoms with van der Waals surface area (Å²) in [4.78, 5) is 13.4. The average Bonchev–Trinajstić information content (AvgIpc) is 3.29. The highest BCUT2D eigenvalue weighted by Gasteiger charge is 2.53. The van der Waals surface area contributed by atoms with Crippen LogP contribution in [-0.2, 0) is 33.2 Å². The second kappa shape index (κ2) is 48.8. The zero-order chi connectivity index (χ0) is 61.9. The van der Waals surface area contributed by atoms with Crippen LogP contribution < -0.4 is 5.32 Å². The fourth-order valence-electron chi connectivity index (χ4n) is 11.4. The molecular weight excluding hydrogens is 1090 g/mol. The lowest BCUT2D eigenvalue weighted by Crippen LogP contribution is -2.66. The van der Waals surface area contributed by atoms with Crippen molar-refractivity contribution in [3.8, 4) is 0 Å². The van der Waals surface area contributed by atoms with Gasteiger partial charge in [-0.25, -0.2) is 0 Å². The predicted octanol–water partition coefficient (Wildman–Crippen LogP) is 8.05. The van der Waals surface area contributed by atoms with Gasteiger partial charge in [0.1, 0.15) is 73.2 Å². The van der Waals surface area contributed by atoms with Crippen molar-refractivity contribution in [3.63, 3.8) is 0 Å². The van der Waals surface area contributed by atoms with Gasteiger partial charge in [-0.2, -0.15) is 0 Å². The number of aliphatic hydroxyl groups is 11. The number of hydrogen-bond acceptors (Lipinski definition) is 18. The van der Waals surface area contributed by atoms with E-state index in [9.17, 15) is 61.0 Å². The Morgan fingerprint density at radius 3 is 1.16 bits per heavy atom. The van der Waals surface area contributed by atoms with Crippen molar-refractivity contribution < 1.29 is 89.4 Å². The third-order valence-electron chi connectivity index (χ3n) is 16.9. The summed E-state index contributed by atoms with van der Waals surface area (Å²) in [5.41, 5.74) is 0. The maximum absolute atomic E-state index is 13.4. The van der Waals surface area contributed by atoms with Crippen molar-refractivity contribution in [1.29, 1.82) is 0 Å². The normalized spacial score (nSPS) is 29.2. The van der Waals surface area contributed by atoms with Crippen molar-refractivity contribution in [2.24, 2.45) is 0 Å². The Labute approximate surface area is 511 Å². The van der Waals surface area contributed by atoms with Crippen LogP contribution in [0.1, 0.15) is 245 Å². The van der Waals surface area contributed by atoms with Crippen molar-refractivity contribution >= 4 is 5.91 Å². The number of aliphatic hydroxyl groups excluding tert-OH is 11. The molecule has 3 heterocycles. The van der Waals surface area contributed by atoms with E-state index < -0.39 is 124 Å². The topological polar surface area (TPSA) is 307 Å². The Morgan fingerprint density at radius 1 is 0.412 bits per heavy atom. The lowest BCUT2D eigenvalue weighted by molar-refractivity contribution is -0.379. The Balaban J connectivity index is 1.39. The molecule has 3 fully saturated rings. The van der Waals surface area contributed by atoms with Crippen LogP contribution in [0.25, 0.3) is 0 Å². The first-order valence-corrected chi connectivity index (χ1v) is 33.7. The van der Waals surface area contributed by atoms with Crippen molar-refractivity contribution in [2.45, 2.75) is 349 Å². The molecule has 0 radical (unpaired) electrons. The van der Waals surface area contributed by atoms with Gasteiger partial charge in [0, 0.05) is 6.42 Å². The Hall–Kier alpha value is -1.99. The van der Waals surface area contributed by atoms with E-state index in [0.29, 0.717) is 12.8 Å². The van der Waals surface area contributed by atoms with Crippen LogP contribution in [-0.4, -0.2) is 193 Å². The van der Waals surface area contributed by atoms with E-state index in [0.717, 1.165) is 44.9 Å². The first-order valence-electron chi connectivity index (χ1n) is 33.7. The maximum Gasteiger partial charge on any atom is 0.220 e. The minimum absolute atomic E-state index is 0.235. The van der Waals surface area contributed by atoms with E-state index in [2.05, 4.69) is 43.5 Å². The van der Waals surface area contributed by atoms with E-state index in [1.807, 2.05) is 6.08 Å². The molecule has 0 aromatic rings. The molecule has 0 aromatic heterocycles. The van der Waals surface area contributed by atoms with Crippen molar-refractivity contribution in [1.82, 2.24) is 5.32 Å². The monoisotopic (exact) mass is 1220 g/mol. The van der Waals surface area contributed by atoms with Crippen molar-refractivity contribution in [3.05, 3.63) is 36.5 Å². The highest BCUT2D eigenvalue weighted by Crippen LogP contribution is 2.33. The van der Waals surface area contributed by atoms with Gasteiger partial charge in [-0.15, -0.1) is 0 Å². The van der Waals surface area contributed by atoms with E-state index in [4.69, 9.17) is 28.4 Å². The Bertz CT molecular complexity index is 1690. The maximum atomic E-state index is 13.4. The van der Waals surface area contributed by atoms with Gasteiger partial charge >= 0.3 is 0 Å². The third kappa shape index (κ3) is 31.5. The number of rotatable bonds is 51. The number of allylic oxidation sites excluding steroid dienone is 5. The van der Waals surface area contributed by atoms with Crippen LogP contribution in [0.3, 0.4) is 0 Å². The van der Waals surface area contributed by atoms with Crippen LogP contribution in [0.2, 0.25) is 0 Å². The van der Waals surface area contributed by atoms with Gasteiger partial charge in [-0.05, 0) is 38.5 Å². The number of ether oxygens (including phenoxy) is 6. The number of carbonyl (C=O) groups excluding carboxylic acids is 1. The molecule has 3 aliphatic heterocycles. The molecule has 17 atom stereocenters. The summed E-state index contributed by atoms with van der Waals surface area (Å²) in [7, 11) is 0. The smallest absolute Gasteiger partial charge is 0.220 e. The van der Waals surface area contributed by atoms with E-state index in [1.54, 1.807) is 6.08 Å². The first kappa shape index (κ1) is 77.3. The zero-order valence-corrected chi connectivity index (χ0v) is 52.3. The predicted molar refractivity (Wildman–Crippen MR) is 328 cm³/mol. The quantitative estimate of drug-likeness (QED) is 0.0202. The molecule has 0 aromatic carbocycles. The molecule has 3 rings (SSSR count). The Morgan fingerprint density at radius 2 is 0.753 bits per heavy atom. The van der Waals surface area contributed by atoms with Crippen LogP contribution in [0, 0.1) is 0 Å². The van der Waals surface area contributed by atoms with E-state index >= 15 is 0 Å². The van der Waals surface area contributed by atoms with Crippen molar-refractivity contribution in [2.75, 3.05) is 26.4 Å². The molecule has 0 bridgehead atoms. The second-order valence-electron chi connectivity index (χ2n) is 24.3. The van der Waals surface area contributed by atoms with Gasteiger partial charge in [-0.3, -0.25) is 4.79 Å². The van der Waals surface area contributed by atoms with Gasteiger partial charge in [0.15, 0.2) is 18.9 Å². The molecule has 85 heavy (non-hydrogen) atoms. The van der Waals surface area contributed by atoms with E-state index in [-0.39, 0.29) is 18.9 Å². The molecule has 17 unspecified atom stereocenters. The summed E-state index contributed by atoms with van der Waals surface area (Å²) in [6.45, 7) is 1.66. The molecule has 3 saturated heterocycles. The van der Waals surface area contributed by atoms with E-state index in [1.165, 1.54) is 167 Å². The largest absolute Gasteiger partial charge is 0.394 e. The highest BCUT2D eigenvalue weighted by molar-refractivity contribution is 5.76. The summed E-state index contributed by atoms with van der Waals surface area (Å²) >= 11 is 0. The van der Waals surface area contributed by atoms with Crippen LogP contribution in [0.5, 0.6) is 0 Å². The summed E-state index contributed by atoms with van der Waals surface area (Å²) in [6, 6.07) is -0.993. The molecule has 0 spiro atoms. The van der Waals surface area contributed by atoms with Crippen LogP contribution in [0.4, 0.5) is 0 Å². The number of hydrogen-bond donors (Lipinski definition) is 12. The summed E-state index contributed by atoms with van der Waals surface area (Å²) in [6.07, 6.45) is 28.7. The standard InChI is InChI=1S/C66H121NO18/c1-3-5-7-9-11-13-15-17-18-19-20-21-22-23-24-25-26-27-28-29-30-31-32-34-36-38-40-42-44-54(72)67-49(50(71)43-41-39-37-35-33-16-14-12-10-8-6-4-2)48-80-64-60(78)57(75)62(52(46-69)82-64)85-66-61(79)58(76)63(53(47-70)83-66)84-65-59(77)56(74)55(73)51(45-68)81-65/h10,12,33,35,41,43,49-53,55-66,68-71,73-79H,3-9,11,13-32,34,36-40,42,44-48H2,1-2H3,(H,67,72)/b12-10+,35-33+,43-41+. The molecule has 19 heteroatoms. The number of amides is 1. The lowest BCUT2D eigenvalue weighted by Gasteiger charge is -2.48. The van der Waals surface area contributed by atoms with Gasteiger partial charge in [-0.1, -0.05) is 237 Å². The molecule has 3 aliphatic rings. The number of nitrogens with one attached hydrogen (secondary N) is 1. The summed E-state index contributed by atoms with van der Waals surface area (Å²) in [5, 5.41) is 120. The fourth-order valence-corrected chi connectivity index (χ4v) is 11.4. The zero-order valence-electron chi connectivity index (χ0n) is 52.3. The summed E-state index contributed by atoms with van der Waals surface area (Å²) in [5.74, 6) is -0.287. The first-order chi connectivity index (χ1) is 41.3. The van der Waals surface area contributed by atoms with Gasteiger partial charge < -0.3 is 89.9 Å². The minimum atomic E-state index is -1.98. The second-order valence-corrected chi connectivity index (χ2v) is 24.3. The molecule has 498 valence electrons. The fraction of sp³-hybridized carbons (Fsp3) is 0.894. The van der Waals surface area contributed by atoms with Crippen LogP contribution >= 0.6 is 0 Å². The van der Waals surface area contributed by atoms with Gasteiger partial charge in [0.2, 0.25) is 5.91 Å². The highest BCUT2D eigenvalue weighted by atomic mass is 16.8. The molecule has 0 aliphatic carbocycles. The SMILES string of the molecule is CCCC/C=C/CC/C=C/CC/C=C/C(O)C(COC1OC(CO)C(OC2OC(CO)C(OC3OC(CO)C(O)C(O)C3O)C(O)C2O)C(O)C1O)NC(=O)CCCCCCCCCCCCCCCCCCCCCCCCCCCCCC. The van der Waals surface area contributed by atoms with Gasteiger partial charge in [0.25, 0.3) is 0 Å². The Kier molecular flexibility index (Phi) is 44.4. The molecular formula is C66H121NO18. The minimum Gasteiger partial charge on any atom is -0.394 e. The number of unbranched alkanes of at least 4 members (excludes halogenated alkanes) is 31. The lowest BCUT2D eigenvalue weighted by atomic mass is 9.96. The summed E-state index contributed by atoms with van der Waals surface area (Å²) < 4.78 is 34.2. The van der Waals surface area contributed by atoms with Gasteiger partial charge in [0.05, 0.1) is 38.6 Å². The van der Waals surface area contributed by atoms with Crippen LogP contribution in [0.15, 0.2) is 36.5 Å². The molecule has 19 nitrogen and oxygen atoms in total. The third-order valence-corrected chi connectivity index (χ3v) is 16.9. The molecule has 12 N–H and O–H groups in total. The molecule has 1 amide bonds. The number of carbonyl (C=O) groups is 1. The average molecular weight is 1220 g/mol. The molecule has 0 saturated carbocycles.